The van der Waals surface area contributed by atoms with Crippen LogP contribution >= 0.6 is 0 Å². The van der Waals surface area contributed by atoms with Crippen molar-refractivity contribution in [1.29, 1.82) is 5.26 Å². The first kappa shape index (κ1) is 9.21. The molecule has 66 valence electrons. The third-order valence-electron chi connectivity index (χ3n) is 2.22. The van der Waals surface area contributed by atoms with Crippen LogP contribution in [0.5, 0.6) is 0 Å². The van der Waals surface area contributed by atoms with E-state index in [1.807, 2.05) is 0 Å². The van der Waals surface area contributed by atoms with Crippen LogP contribution in [-0.2, 0) is 0 Å². The van der Waals surface area contributed by atoms with Gasteiger partial charge in [-0.1, -0.05) is 0 Å². The lowest BCUT2D eigenvalue weighted by atomic mass is 10.0. The van der Waals surface area contributed by atoms with Crippen molar-refractivity contribution in [2.45, 2.75) is 32.2 Å². The molecule has 1 saturated carbocycles. The highest BCUT2D eigenvalue weighted by Gasteiger charge is 2.25. The maximum Gasteiger partial charge on any atom is 0.117 e. The zero-order chi connectivity index (χ0) is 9.14. The molecule has 0 aromatic rings. The Labute approximate surface area is 71.9 Å². The molecule has 0 bridgehead atoms. The first-order valence-electron chi connectivity index (χ1n) is 4.20. The molecule has 0 aromatic heterocycles. The van der Waals surface area contributed by atoms with Gasteiger partial charge >= 0.3 is 0 Å². The summed E-state index contributed by atoms with van der Waals surface area (Å²) < 4.78 is 13.3. The highest BCUT2D eigenvalue weighted by Crippen LogP contribution is 2.33. The van der Waals surface area contributed by atoms with Gasteiger partial charge in [0.15, 0.2) is 0 Å². The van der Waals surface area contributed by atoms with Crippen molar-refractivity contribution in [1.82, 2.24) is 0 Å². The Bertz CT molecular complexity index is 237. The minimum absolute atomic E-state index is 0.226. The highest BCUT2D eigenvalue weighted by molar-refractivity contribution is 5.23. The lowest BCUT2D eigenvalue weighted by Crippen LogP contribution is -2.17. The van der Waals surface area contributed by atoms with Crippen LogP contribution in [0.3, 0.4) is 0 Å². The van der Waals surface area contributed by atoms with Gasteiger partial charge < -0.3 is 5.73 Å². The molecule has 12 heavy (non-hydrogen) atoms. The molecule has 0 aliphatic heterocycles. The second-order valence-corrected chi connectivity index (χ2v) is 3.24. The Kier molecular flexibility index (Phi) is 2.83. The van der Waals surface area contributed by atoms with E-state index in [9.17, 15) is 4.39 Å². The number of hydrogen-bond donors (Lipinski definition) is 1. The van der Waals surface area contributed by atoms with E-state index in [2.05, 4.69) is 6.07 Å². The molecule has 0 saturated heterocycles. The maximum atomic E-state index is 13.3. The number of hydrogen-bond acceptors (Lipinski definition) is 2. The summed E-state index contributed by atoms with van der Waals surface area (Å²) in [7, 11) is 0. The quantitative estimate of drug-likeness (QED) is 0.649. The summed E-state index contributed by atoms with van der Waals surface area (Å²) in [6, 6.07) is 1.54. The normalized spacial score (nSPS) is 29.7. The summed E-state index contributed by atoms with van der Waals surface area (Å²) in [5, 5.41) is 8.68. The lowest BCUT2D eigenvalue weighted by molar-refractivity contribution is 0.536. The van der Waals surface area contributed by atoms with Gasteiger partial charge in [0.1, 0.15) is 5.83 Å². The van der Waals surface area contributed by atoms with E-state index in [0.717, 1.165) is 12.8 Å². The van der Waals surface area contributed by atoms with Crippen LogP contribution in [0.25, 0.3) is 0 Å². The molecule has 0 spiro atoms. The van der Waals surface area contributed by atoms with Crippen LogP contribution in [0, 0.1) is 17.2 Å². The van der Waals surface area contributed by atoms with Crippen molar-refractivity contribution < 1.29 is 4.39 Å². The molecular formula is C9H13FN2. The summed E-state index contributed by atoms with van der Waals surface area (Å²) in [6.45, 7) is 1.61. The van der Waals surface area contributed by atoms with E-state index in [-0.39, 0.29) is 11.7 Å². The molecule has 1 aliphatic carbocycles. The van der Waals surface area contributed by atoms with Crippen molar-refractivity contribution in [2.24, 2.45) is 11.7 Å². The first-order chi connectivity index (χ1) is 5.66. The summed E-state index contributed by atoms with van der Waals surface area (Å²) in [4.78, 5) is 0. The van der Waals surface area contributed by atoms with E-state index >= 15 is 0 Å². The van der Waals surface area contributed by atoms with Gasteiger partial charge in [-0.25, -0.2) is 4.39 Å². The van der Waals surface area contributed by atoms with Gasteiger partial charge in [0.05, 0.1) is 18.0 Å². The number of rotatable bonds is 1. The average Bonchev–Trinajstić information content (AvgIpc) is 2.49. The highest BCUT2D eigenvalue weighted by atomic mass is 19.1. The van der Waals surface area contributed by atoms with Crippen LogP contribution in [0.2, 0.25) is 0 Å². The van der Waals surface area contributed by atoms with Gasteiger partial charge in [-0.05, 0) is 31.8 Å². The smallest absolute Gasteiger partial charge is 0.117 e. The molecule has 0 heterocycles. The zero-order valence-electron chi connectivity index (χ0n) is 7.18. The van der Waals surface area contributed by atoms with Crippen molar-refractivity contribution in [2.75, 3.05) is 0 Å². The Morgan fingerprint density at radius 2 is 2.50 bits per heavy atom. The topological polar surface area (TPSA) is 49.8 Å². The Morgan fingerprint density at radius 1 is 1.83 bits per heavy atom. The number of nitriles is 1. The molecule has 0 radical (unpaired) electrons. The molecular weight excluding hydrogens is 155 g/mol. The second-order valence-electron chi connectivity index (χ2n) is 3.24. The molecule has 0 unspecified atom stereocenters. The molecule has 2 nitrogen and oxygen atoms in total. The average molecular weight is 168 g/mol. The molecule has 1 rings (SSSR count). The molecule has 1 aliphatic rings. The molecule has 2 N–H and O–H groups in total. The fourth-order valence-corrected chi connectivity index (χ4v) is 1.57. The summed E-state index contributed by atoms with van der Waals surface area (Å²) in [5.74, 6) is -0.505. The van der Waals surface area contributed by atoms with E-state index in [1.54, 1.807) is 6.92 Å². The molecule has 3 heteroatoms. The van der Waals surface area contributed by atoms with Gasteiger partial charge in [0, 0.05) is 0 Å². The number of allylic oxidation sites excluding steroid dienone is 1. The Balaban J connectivity index is 2.86. The summed E-state index contributed by atoms with van der Waals surface area (Å²) in [6.07, 6.45) is 2.39. The third-order valence-corrected chi connectivity index (χ3v) is 2.22. The first-order valence-corrected chi connectivity index (χ1v) is 4.20. The van der Waals surface area contributed by atoms with Gasteiger partial charge in [0.2, 0.25) is 0 Å². The predicted molar refractivity (Wildman–Crippen MR) is 44.7 cm³/mol. The lowest BCUT2D eigenvalue weighted by Gasteiger charge is -2.08. The molecule has 2 atom stereocenters. The largest absolute Gasteiger partial charge is 0.322 e. The van der Waals surface area contributed by atoms with Gasteiger partial charge in [-0.2, -0.15) is 5.26 Å². The number of halogens is 1. The monoisotopic (exact) mass is 168 g/mol. The van der Waals surface area contributed by atoms with Crippen molar-refractivity contribution in [3.8, 4) is 6.07 Å². The van der Waals surface area contributed by atoms with Crippen LogP contribution < -0.4 is 5.73 Å². The van der Waals surface area contributed by atoms with Crippen molar-refractivity contribution in [3.05, 3.63) is 11.4 Å². The van der Waals surface area contributed by atoms with Crippen LogP contribution in [0.4, 0.5) is 4.39 Å². The van der Waals surface area contributed by atoms with Crippen LogP contribution in [-0.4, -0.2) is 6.04 Å². The standard InChI is InChI=1S/C9H13FN2/c1-6(12)9(10)8-4-2-3-7(8)5-11/h6-7H,2-4,12H2,1H3/b9-8-/t6-,7-/m1/s1. The number of nitrogens with zero attached hydrogens (tertiary/aromatic N) is 1. The minimum Gasteiger partial charge on any atom is -0.322 e. The minimum atomic E-state index is -0.561. The third kappa shape index (κ3) is 1.64. The maximum absolute atomic E-state index is 13.3. The van der Waals surface area contributed by atoms with Crippen LogP contribution in [0.1, 0.15) is 26.2 Å². The summed E-state index contributed by atoms with van der Waals surface area (Å²) in [5.41, 5.74) is 6.02. The summed E-state index contributed by atoms with van der Waals surface area (Å²) >= 11 is 0. The SMILES string of the molecule is C[C@@H](N)/C(F)=C1\CCC[C@@H]1C#N. The fourth-order valence-electron chi connectivity index (χ4n) is 1.57. The van der Waals surface area contributed by atoms with Gasteiger partial charge in [-0.15, -0.1) is 0 Å². The predicted octanol–water partition coefficient (Wildman–Crippen LogP) is 1.88. The second kappa shape index (κ2) is 3.68. The van der Waals surface area contributed by atoms with E-state index in [4.69, 9.17) is 11.0 Å². The molecule has 0 aromatic carbocycles. The van der Waals surface area contributed by atoms with E-state index in [1.165, 1.54) is 0 Å². The fraction of sp³-hybridized carbons (Fsp3) is 0.667. The van der Waals surface area contributed by atoms with Crippen molar-refractivity contribution in [3.63, 3.8) is 0 Å². The van der Waals surface area contributed by atoms with Gasteiger partial charge in [0.25, 0.3) is 0 Å². The Hall–Kier alpha value is -0.880. The molecule has 0 amide bonds. The number of nitrogens with two attached hydrogens (primary N) is 1. The van der Waals surface area contributed by atoms with E-state index in [0.29, 0.717) is 12.0 Å². The molecule has 1 fully saturated rings. The van der Waals surface area contributed by atoms with E-state index < -0.39 is 6.04 Å². The Morgan fingerprint density at radius 3 is 3.00 bits per heavy atom. The van der Waals surface area contributed by atoms with Gasteiger partial charge in [-0.3, -0.25) is 0 Å². The van der Waals surface area contributed by atoms with Crippen molar-refractivity contribution >= 4 is 0 Å². The van der Waals surface area contributed by atoms with Crippen LogP contribution in [0.15, 0.2) is 11.4 Å². The zero-order valence-corrected chi connectivity index (χ0v) is 7.18.